The van der Waals surface area contributed by atoms with Gasteiger partial charge in [0.15, 0.2) is 0 Å². The SMILES string of the molecule is CCC[C@@H]1CCCN2CCCc3c([nH]c4ccccc34)[C@@]12C. The molecule has 22 heavy (non-hydrogen) atoms. The standard InChI is InChI=1S/C20H28N2/c1-3-8-15-9-6-13-22-14-7-11-17-16-10-4-5-12-18(16)21-19(17)20(15,22)2/h4-5,10,12,15,21H,3,6-9,11,13-14H2,1-2H3/t15-,20-/m1/s1. The number of piperidine rings is 1. The summed E-state index contributed by atoms with van der Waals surface area (Å²) in [6.45, 7) is 7.39. The van der Waals surface area contributed by atoms with Gasteiger partial charge in [-0.1, -0.05) is 31.5 Å². The van der Waals surface area contributed by atoms with Crippen molar-refractivity contribution in [3.05, 3.63) is 35.5 Å². The molecular formula is C20H28N2. The molecule has 0 aliphatic carbocycles. The van der Waals surface area contributed by atoms with E-state index in [1.54, 1.807) is 5.56 Å². The van der Waals surface area contributed by atoms with Gasteiger partial charge in [0, 0.05) is 16.6 Å². The summed E-state index contributed by atoms with van der Waals surface area (Å²) in [6, 6.07) is 8.89. The van der Waals surface area contributed by atoms with Crippen molar-refractivity contribution in [2.24, 2.45) is 5.92 Å². The molecule has 0 bridgehead atoms. The third kappa shape index (κ3) is 1.96. The highest BCUT2D eigenvalue weighted by Gasteiger charge is 2.46. The maximum Gasteiger partial charge on any atom is 0.0614 e. The molecule has 4 rings (SSSR count). The zero-order valence-corrected chi connectivity index (χ0v) is 14.0. The average molecular weight is 296 g/mol. The van der Waals surface area contributed by atoms with Gasteiger partial charge in [-0.25, -0.2) is 0 Å². The quantitative estimate of drug-likeness (QED) is 0.840. The molecule has 1 fully saturated rings. The Hall–Kier alpha value is -1.28. The first kappa shape index (κ1) is 14.3. The molecule has 1 N–H and O–H groups in total. The Morgan fingerprint density at radius 3 is 2.91 bits per heavy atom. The minimum absolute atomic E-state index is 0.207. The van der Waals surface area contributed by atoms with Crippen LogP contribution in [0.3, 0.4) is 0 Å². The van der Waals surface area contributed by atoms with E-state index in [0.29, 0.717) is 0 Å². The first-order chi connectivity index (χ1) is 10.7. The van der Waals surface area contributed by atoms with Crippen LogP contribution in [0.25, 0.3) is 10.9 Å². The lowest BCUT2D eigenvalue weighted by Crippen LogP contribution is -2.53. The van der Waals surface area contributed by atoms with Gasteiger partial charge in [0.25, 0.3) is 0 Å². The molecule has 2 heteroatoms. The molecule has 2 aromatic rings. The van der Waals surface area contributed by atoms with Gasteiger partial charge in [0.05, 0.1) is 5.54 Å². The highest BCUT2D eigenvalue weighted by molar-refractivity contribution is 5.85. The molecule has 2 aliphatic rings. The van der Waals surface area contributed by atoms with Gasteiger partial charge in [0.2, 0.25) is 0 Å². The highest BCUT2D eigenvalue weighted by Crippen LogP contribution is 2.47. The van der Waals surface area contributed by atoms with Crippen LogP contribution in [0.15, 0.2) is 24.3 Å². The zero-order valence-electron chi connectivity index (χ0n) is 14.0. The van der Waals surface area contributed by atoms with Crippen molar-refractivity contribution in [2.45, 2.75) is 57.9 Å². The van der Waals surface area contributed by atoms with E-state index in [9.17, 15) is 0 Å². The molecule has 2 aliphatic heterocycles. The summed E-state index contributed by atoms with van der Waals surface area (Å²) < 4.78 is 0. The summed E-state index contributed by atoms with van der Waals surface area (Å²) in [5.74, 6) is 0.788. The normalized spacial score (nSPS) is 29.1. The molecule has 0 amide bonds. The molecule has 1 aromatic carbocycles. The highest BCUT2D eigenvalue weighted by atomic mass is 15.2. The molecule has 1 saturated heterocycles. The predicted molar refractivity (Wildman–Crippen MR) is 93.2 cm³/mol. The van der Waals surface area contributed by atoms with Crippen LogP contribution in [0.4, 0.5) is 0 Å². The van der Waals surface area contributed by atoms with Crippen molar-refractivity contribution < 1.29 is 0 Å². The molecule has 0 spiro atoms. The van der Waals surface area contributed by atoms with Crippen LogP contribution >= 0.6 is 0 Å². The largest absolute Gasteiger partial charge is 0.357 e. The van der Waals surface area contributed by atoms with Crippen LogP contribution in [0.1, 0.15) is 57.2 Å². The number of nitrogens with zero attached hydrogens (tertiary/aromatic N) is 1. The van der Waals surface area contributed by atoms with Gasteiger partial charge in [0.1, 0.15) is 0 Å². The Balaban J connectivity index is 1.91. The van der Waals surface area contributed by atoms with Crippen LogP contribution in [0, 0.1) is 5.92 Å². The third-order valence-electron chi connectivity index (χ3n) is 6.24. The van der Waals surface area contributed by atoms with E-state index in [0.717, 1.165) is 5.92 Å². The first-order valence-corrected chi connectivity index (χ1v) is 9.10. The minimum atomic E-state index is 0.207. The average Bonchev–Trinajstić information content (AvgIpc) is 2.84. The fraction of sp³-hybridized carbons (Fsp3) is 0.600. The Morgan fingerprint density at radius 2 is 2.05 bits per heavy atom. The van der Waals surface area contributed by atoms with E-state index in [1.165, 1.54) is 68.2 Å². The van der Waals surface area contributed by atoms with Crippen LogP contribution < -0.4 is 0 Å². The Morgan fingerprint density at radius 1 is 1.23 bits per heavy atom. The summed E-state index contributed by atoms with van der Waals surface area (Å²) in [5, 5.41) is 1.46. The molecular weight excluding hydrogens is 268 g/mol. The molecule has 2 atom stereocenters. The van der Waals surface area contributed by atoms with E-state index < -0.39 is 0 Å². The summed E-state index contributed by atoms with van der Waals surface area (Å²) in [5.41, 5.74) is 4.67. The van der Waals surface area contributed by atoms with Crippen molar-refractivity contribution in [3.8, 4) is 0 Å². The van der Waals surface area contributed by atoms with E-state index >= 15 is 0 Å². The van der Waals surface area contributed by atoms with Gasteiger partial charge in [-0.05, 0) is 69.7 Å². The number of para-hydroxylation sites is 1. The number of benzene rings is 1. The Kier molecular flexibility index (Phi) is 3.53. The van der Waals surface area contributed by atoms with E-state index in [4.69, 9.17) is 0 Å². The predicted octanol–water partition coefficient (Wildman–Crippen LogP) is 4.84. The second kappa shape index (κ2) is 5.42. The summed E-state index contributed by atoms with van der Waals surface area (Å²) in [4.78, 5) is 6.63. The summed E-state index contributed by atoms with van der Waals surface area (Å²) in [7, 11) is 0. The summed E-state index contributed by atoms with van der Waals surface area (Å²) >= 11 is 0. The number of fused-ring (bicyclic) bond motifs is 5. The monoisotopic (exact) mass is 296 g/mol. The number of aromatic amines is 1. The number of hydrogen-bond acceptors (Lipinski definition) is 1. The van der Waals surface area contributed by atoms with Crippen molar-refractivity contribution in [1.29, 1.82) is 0 Å². The van der Waals surface area contributed by atoms with Crippen LogP contribution in [0.2, 0.25) is 0 Å². The van der Waals surface area contributed by atoms with Crippen molar-refractivity contribution >= 4 is 10.9 Å². The Labute approximate surface area is 133 Å². The Bertz CT molecular complexity index is 669. The van der Waals surface area contributed by atoms with Crippen molar-refractivity contribution in [3.63, 3.8) is 0 Å². The second-order valence-corrected chi connectivity index (χ2v) is 7.39. The number of hydrogen-bond donors (Lipinski definition) is 1. The number of nitrogens with one attached hydrogen (secondary N) is 1. The van der Waals surface area contributed by atoms with Gasteiger partial charge in [-0.3, -0.25) is 4.90 Å². The number of H-pyrrole nitrogens is 1. The zero-order chi connectivity index (χ0) is 15.2. The minimum Gasteiger partial charge on any atom is -0.357 e. The molecule has 3 heterocycles. The molecule has 1 aromatic heterocycles. The fourth-order valence-corrected chi connectivity index (χ4v) is 5.12. The third-order valence-corrected chi connectivity index (χ3v) is 6.24. The van der Waals surface area contributed by atoms with Crippen molar-refractivity contribution in [2.75, 3.05) is 13.1 Å². The van der Waals surface area contributed by atoms with Gasteiger partial charge >= 0.3 is 0 Å². The first-order valence-electron chi connectivity index (χ1n) is 9.10. The van der Waals surface area contributed by atoms with Gasteiger partial charge < -0.3 is 4.98 Å². The van der Waals surface area contributed by atoms with Crippen LogP contribution in [-0.2, 0) is 12.0 Å². The lowest BCUT2D eigenvalue weighted by Gasteiger charge is -2.49. The van der Waals surface area contributed by atoms with E-state index in [-0.39, 0.29) is 5.54 Å². The summed E-state index contributed by atoms with van der Waals surface area (Å²) in [6.07, 6.45) is 7.92. The van der Waals surface area contributed by atoms with Gasteiger partial charge in [-0.15, -0.1) is 0 Å². The fourth-order valence-electron chi connectivity index (χ4n) is 5.12. The molecule has 118 valence electrons. The molecule has 0 radical (unpaired) electrons. The topological polar surface area (TPSA) is 19.0 Å². The van der Waals surface area contributed by atoms with Gasteiger partial charge in [-0.2, -0.15) is 0 Å². The van der Waals surface area contributed by atoms with E-state index in [1.807, 2.05) is 0 Å². The number of aromatic nitrogens is 1. The van der Waals surface area contributed by atoms with Crippen molar-refractivity contribution in [1.82, 2.24) is 9.88 Å². The van der Waals surface area contributed by atoms with Crippen LogP contribution in [-0.4, -0.2) is 23.0 Å². The molecule has 0 saturated carbocycles. The smallest absolute Gasteiger partial charge is 0.0614 e. The molecule has 0 unspecified atom stereocenters. The molecule has 2 nitrogen and oxygen atoms in total. The maximum absolute atomic E-state index is 3.84. The lowest BCUT2D eigenvalue weighted by molar-refractivity contribution is -0.000470. The lowest BCUT2D eigenvalue weighted by atomic mass is 9.72. The number of aryl methyl sites for hydroxylation is 1. The maximum atomic E-state index is 3.84. The van der Waals surface area contributed by atoms with E-state index in [2.05, 4.69) is 48.0 Å². The second-order valence-electron chi connectivity index (χ2n) is 7.39. The number of rotatable bonds is 2. The van der Waals surface area contributed by atoms with Crippen LogP contribution in [0.5, 0.6) is 0 Å².